The van der Waals surface area contributed by atoms with E-state index in [1.54, 1.807) is 0 Å². The number of para-hydroxylation sites is 1. The highest BCUT2D eigenvalue weighted by atomic mass is 16.2. The Labute approximate surface area is 124 Å². The lowest BCUT2D eigenvalue weighted by atomic mass is 9.99. The molecule has 1 aliphatic heterocycles. The number of hydrogen-bond acceptors (Lipinski definition) is 1. The number of aromatic nitrogens is 1. The molecule has 0 radical (unpaired) electrons. The first-order valence-corrected chi connectivity index (χ1v) is 7.46. The summed E-state index contributed by atoms with van der Waals surface area (Å²) in [6.45, 7) is 5.40. The van der Waals surface area contributed by atoms with E-state index in [1.807, 2.05) is 24.8 Å². The van der Waals surface area contributed by atoms with Gasteiger partial charge in [-0.25, -0.2) is 4.79 Å². The number of carbonyl (C=O) groups excluding carboxylic acids is 1. The van der Waals surface area contributed by atoms with E-state index >= 15 is 0 Å². The van der Waals surface area contributed by atoms with Gasteiger partial charge in [0.05, 0.1) is 0 Å². The van der Waals surface area contributed by atoms with Gasteiger partial charge in [0.2, 0.25) is 0 Å². The van der Waals surface area contributed by atoms with E-state index in [0.29, 0.717) is 6.54 Å². The van der Waals surface area contributed by atoms with Crippen LogP contribution in [-0.2, 0) is 0 Å². The lowest BCUT2D eigenvalue weighted by Gasteiger charge is -2.27. The van der Waals surface area contributed by atoms with Crippen LogP contribution < -0.4 is 5.32 Å². The molecule has 0 spiro atoms. The van der Waals surface area contributed by atoms with Crippen LogP contribution in [0.4, 0.5) is 4.79 Å². The quantitative estimate of drug-likeness (QED) is 0.872. The first kappa shape index (κ1) is 13.7. The summed E-state index contributed by atoms with van der Waals surface area (Å²) in [7, 11) is 0. The SMILES string of the molecule is CC(C)NC(=O)N1CC=C(c2c[nH]c3ccccc23)CC1. The molecule has 3 rings (SSSR count). The van der Waals surface area contributed by atoms with Crippen LogP contribution in [0.3, 0.4) is 0 Å². The van der Waals surface area contributed by atoms with E-state index in [-0.39, 0.29) is 12.1 Å². The molecule has 0 unspecified atom stereocenters. The van der Waals surface area contributed by atoms with E-state index in [2.05, 4.69) is 40.8 Å². The van der Waals surface area contributed by atoms with Crippen LogP contribution in [0.2, 0.25) is 0 Å². The number of H-pyrrole nitrogens is 1. The molecule has 110 valence electrons. The van der Waals surface area contributed by atoms with Crippen molar-refractivity contribution in [2.45, 2.75) is 26.3 Å². The third-order valence-corrected chi connectivity index (χ3v) is 3.84. The topological polar surface area (TPSA) is 48.1 Å². The Bertz CT molecular complexity index is 684. The van der Waals surface area contributed by atoms with Crippen LogP contribution in [0, 0.1) is 0 Å². The van der Waals surface area contributed by atoms with E-state index in [0.717, 1.165) is 18.5 Å². The summed E-state index contributed by atoms with van der Waals surface area (Å²) in [4.78, 5) is 17.2. The zero-order valence-corrected chi connectivity index (χ0v) is 12.5. The number of rotatable bonds is 2. The Balaban J connectivity index is 1.77. The van der Waals surface area contributed by atoms with Gasteiger partial charge in [0.1, 0.15) is 0 Å². The van der Waals surface area contributed by atoms with Crippen molar-refractivity contribution < 1.29 is 4.79 Å². The normalized spacial score (nSPS) is 15.4. The molecule has 1 aromatic heterocycles. The molecule has 2 amide bonds. The molecular weight excluding hydrogens is 262 g/mol. The second-order valence-corrected chi connectivity index (χ2v) is 5.78. The standard InChI is InChI=1S/C17H21N3O/c1-12(2)19-17(21)20-9-7-13(8-10-20)15-11-18-16-6-4-3-5-14(15)16/h3-7,11-12,18H,8-10H2,1-2H3,(H,19,21). The Kier molecular flexibility index (Phi) is 3.69. The van der Waals surface area contributed by atoms with Crippen LogP contribution >= 0.6 is 0 Å². The average Bonchev–Trinajstić information content (AvgIpc) is 2.90. The van der Waals surface area contributed by atoms with E-state index in [9.17, 15) is 4.79 Å². The van der Waals surface area contributed by atoms with Crippen molar-refractivity contribution in [3.05, 3.63) is 42.1 Å². The molecule has 0 saturated heterocycles. The molecule has 0 fully saturated rings. The number of hydrogen-bond donors (Lipinski definition) is 2. The lowest BCUT2D eigenvalue weighted by Crippen LogP contribution is -2.44. The summed E-state index contributed by atoms with van der Waals surface area (Å²) in [5.41, 5.74) is 3.74. The van der Waals surface area contributed by atoms with Crippen LogP contribution in [0.25, 0.3) is 16.5 Å². The van der Waals surface area contributed by atoms with Gasteiger partial charge >= 0.3 is 6.03 Å². The summed E-state index contributed by atoms with van der Waals surface area (Å²) in [6, 6.07) is 8.53. The molecule has 2 N–H and O–H groups in total. The molecule has 2 aromatic rings. The summed E-state index contributed by atoms with van der Waals surface area (Å²) in [5, 5.41) is 4.20. The molecule has 0 bridgehead atoms. The van der Waals surface area contributed by atoms with Crippen molar-refractivity contribution in [2.75, 3.05) is 13.1 Å². The average molecular weight is 283 g/mol. The van der Waals surface area contributed by atoms with Gasteiger partial charge in [-0.15, -0.1) is 0 Å². The maximum absolute atomic E-state index is 12.0. The van der Waals surface area contributed by atoms with E-state index in [4.69, 9.17) is 0 Å². The Morgan fingerprint density at radius 3 is 2.86 bits per heavy atom. The maximum Gasteiger partial charge on any atom is 0.317 e. The molecule has 1 aromatic carbocycles. The molecule has 21 heavy (non-hydrogen) atoms. The number of carbonyl (C=O) groups is 1. The second-order valence-electron chi connectivity index (χ2n) is 5.78. The minimum absolute atomic E-state index is 0.0271. The smallest absolute Gasteiger partial charge is 0.317 e. The summed E-state index contributed by atoms with van der Waals surface area (Å²) < 4.78 is 0. The first-order valence-electron chi connectivity index (χ1n) is 7.46. The number of benzene rings is 1. The van der Waals surface area contributed by atoms with Crippen LogP contribution in [0.5, 0.6) is 0 Å². The second kappa shape index (κ2) is 5.64. The van der Waals surface area contributed by atoms with Gasteiger partial charge in [-0.3, -0.25) is 0 Å². The number of fused-ring (bicyclic) bond motifs is 1. The van der Waals surface area contributed by atoms with Crippen molar-refractivity contribution in [1.29, 1.82) is 0 Å². The summed E-state index contributed by atoms with van der Waals surface area (Å²) >= 11 is 0. The Hall–Kier alpha value is -2.23. The fourth-order valence-corrected chi connectivity index (χ4v) is 2.77. The lowest BCUT2D eigenvalue weighted by molar-refractivity contribution is 0.200. The van der Waals surface area contributed by atoms with Crippen molar-refractivity contribution in [1.82, 2.24) is 15.2 Å². The third kappa shape index (κ3) is 2.79. The molecule has 1 aliphatic rings. The minimum Gasteiger partial charge on any atom is -0.361 e. The minimum atomic E-state index is 0.0271. The van der Waals surface area contributed by atoms with Crippen molar-refractivity contribution in [3.8, 4) is 0 Å². The number of nitrogens with zero attached hydrogens (tertiary/aromatic N) is 1. The van der Waals surface area contributed by atoms with Crippen LogP contribution in [0.15, 0.2) is 36.5 Å². The number of urea groups is 1. The highest BCUT2D eigenvalue weighted by Crippen LogP contribution is 2.29. The fourth-order valence-electron chi connectivity index (χ4n) is 2.77. The van der Waals surface area contributed by atoms with E-state index in [1.165, 1.54) is 16.5 Å². The first-order chi connectivity index (χ1) is 10.1. The maximum atomic E-state index is 12.0. The molecule has 0 aliphatic carbocycles. The largest absolute Gasteiger partial charge is 0.361 e. The van der Waals surface area contributed by atoms with Gasteiger partial charge in [-0.05, 0) is 31.9 Å². The van der Waals surface area contributed by atoms with Gasteiger partial charge in [-0.1, -0.05) is 24.3 Å². The number of aromatic amines is 1. The predicted molar refractivity (Wildman–Crippen MR) is 86.1 cm³/mol. The van der Waals surface area contributed by atoms with Gasteiger partial charge in [0.15, 0.2) is 0 Å². The highest BCUT2D eigenvalue weighted by Gasteiger charge is 2.19. The third-order valence-electron chi connectivity index (χ3n) is 3.84. The van der Waals surface area contributed by atoms with Crippen LogP contribution in [-0.4, -0.2) is 35.0 Å². The monoisotopic (exact) mass is 283 g/mol. The van der Waals surface area contributed by atoms with Crippen molar-refractivity contribution in [2.24, 2.45) is 0 Å². The van der Waals surface area contributed by atoms with Gasteiger partial charge in [-0.2, -0.15) is 0 Å². The van der Waals surface area contributed by atoms with Crippen molar-refractivity contribution in [3.63, 3.8) is 0 Å². The molecule has 0 saturated carbocycles. The summed E-state index contributed by atoms with van der Waals surface area (Å²) in [6.07, 6.45) is 5.13. The summed E-state index contributed by atoms with van der Waals surface area (Å²) in [5.74, 6) is 0. The van der Waals surface area contributed by atoms with Gasteiger partial charge < -0.3 is 15.2 Å². The van der Waals surface area contributed by atoms with Crippen molar-refractivity contribution >= 4 is 22.5 Å². The fraction of sp³-hybridized carbons (Fsp3) is 0.353. The molecule has 4 nitrogen and oxygen atoms in total. The number of amides is 2. The predicted octanol–water partition coefficient (Wildman–Crippen LogP) is 3.38. The zero-order chi connectivity index (χ0) is 14.8. The zero-order valence-electron chi connectivity index (χ0n) is 12.5. The Morgan fingerprint density at radius 2 is 2.14 bits per heavy atom. The molecule has 0 atom stereocenters. The van der Waals surface area contributed by atoms with Crippen LogP contribution in [0.1, 0.15) is 25.8 Å². The molecule has 4 heteroatoms. The van der Waals surface area contributed by atoms with E-state index < -0.39 is 0 Å². The molecular formula is C17H21N3O. The Morgan fingerprint density at radius 1 is 1.33 bits per heavy atom. The highest BCUT2D eigenvalue weighted by molar-refractivity contribution is 5.93. The molecule has 2 heterocycles. The van der Waals surface area contributed by atoms with Gasteiger partial charge in [0, 0.05) is 41.8 Å². The van der Waals surface area contributed by atoms with Gasteiger partial charge in [0.25, 0.3) is 0 Å². The number of nitrogens with one attached hydrogen (secondary N) is 2.